The number of rotatable bonds is 7. The predicted molar refractivity (Wildman–Crippen MR) is 60.7 cm³/mol. The zero-order chi connectivity index (χ0) is 11.3. The summed E-state index contributed by atoms with van der Waals surface area (Å²) in [5, 5.41) is 12.5. The predicted octanol–water partition coefficient (Wildman–Crippen LogP) is 0.243. The first kappa shape index (κ1) is 12.9. The topological polar surface area (TPSA) is 67.5 Å². The van der Waals surface area contributed by atoms with Crippen molar-refractivity contribution in [2.45, 2.75) is 50.3 Å². The van der Waals surface area contributed by atoms with Crippen molar-refractivity contribution in [3.8, 4) is 0 Å². The molecule has 1 rings (SSSR count). The molecule has 1 aliphatic carbocycles. The van der Waals surface area contributed by atoms with E-state index in [4.69, 9.17) is 15.6 Å². The van der Waals surface area contributed by atoms with E-state index < -0.39 is 0 Å². The molecule has 1 unspecified atom stereocenters. The summed E-state index contributed by atoms with van der Waals surface area (Å²) in [6, 6.07) is 0.372. The fourth-order valence-corrected chi connectivity index (χ4v) is 2.29. The Hall–Kier alpha value is -0.160. The van der Waals surface area contributed by atoms with Crippen molar-refractivity contribution >= 4 is 0 Å². The van der Waals surface area contributed by atoms with Crippen LogP contribution in [0.5, 0.6) is 0 Å². The third kappa shape index (κ3) is 3.14. The second kappa shape index (κ2) is 5.80. The van der Waals surface area contributed by atoms with Gasteiger partial charge in [0, 0.05) is 31.8 Å². The van der Waals surface area contributed by atoms with Crippen LogP contribution in [-0.2, 0) is 4.74 Å². The van der Waals surface area contributed by atoms with Crippen molar-refractivity contribution in [2.75, 3.05) is 20.3 Å². The zero-order valence-corrected chi connectivity index (χ0v) is 9.83. The van der Waals surface area contributed by atoms with Crippen molar-refractivity contribution in [3.05, 3.63) is 0 Å². The first-order valence-corrected chi connectivity index (χ1v) is 5.81. The molecule has 0 aromatic rings. The summed E-state index contributed by atoms with van der Waals surface area (Å²) in [6.45, 7) is 3.01. The van der Waals surface area contributed by atoms with E-state index in [2.05, 4.69) is 12.2 Å². The van der Waals surface area contributed by atoms with E-state index >= 15 is 0 Å². The lowest BCUT2D eigenvalue weighted by atomic mass is 9.73. The van der Waals surface area contributed by atoms with Crippen LogP contribution in [0, 0.1) is 0 Å². The van der Waals surface area contributed by atoms with Crippen LogP contribution in [0.25, 0.3) is 0 Å². The van der Waals surface area contributed by atoms with E-state index in [9.17, 15) is 0 Å². The Morgan fingerprint density at radius 2 is 2.27 bits per heavy atom. The summed E-state index contributed by atoms with van der Waals surface area (Å²) in [5.74, 6) is 0. The van der Waals surface area contributed by atoms with Gasteiger partial charge in [-0.05, 0) is 25.7 Å². The molecule has 15 heavy (non-hydrogen) atoms. The Kier molecular flexibility index (Phi) is 4.99. The van der Waals surface area contributed by atoms with Crippen LogP contribution in [0.1, 0.15) is 32.6 Å². The van der Waals surface area contributed by atoms with Crippen molar-refractivity contribution in [2.24, 2.45) is 5.73 Å². The minimum atomic E-state index is 0.0521. The molecule has 0 saturated heterocycles. The lowest BCUT2D eigenvalue weighted by Gasteiger charge is -2.49. The van der Waals surface area contributed by atoms with Crippen molar-refractivity contribution in [3.63, 3.8) is 0 Å². The summed E-state index contributed by atoms with van der Waals surface area (Å²) in [5.41, 5.74) is 5.86. The lowest BCUT2D eigenvalue weighted by Crippen LogP contribution is -2.64. The largest absolute Gasteiger partial charge is 0.396 e. The number of ether oxygens (including phenoxy) is 1. The number of methoxy groups -OCH3 is 1. The number of nitrogens with two attached hydrogens (primary N) is 1. The highest BCUT2D eigenvalue weighted by atomic mass is 16.5. The fourth-order valence-electron chi connectivity index (χ4n) is 2.29. The molecule has 0 amide bonds. The molecular weight excluding hydrogens is 192 g/mol. The molecule has 0 aromatic heterocycles. The third-order valence-electron chi connectivity index (χ3n) is 3.44. The summed E-state index contributed by atoms with van der Waals surface area (Å²) >= 11 is 0. The second-order valence-corrected chi connectivity index (χ2v) is 4.51. The number of nitrogens with one attached hydrogen (secondary N) is 1. The Bertz CT molecular complexity index is 181. The van der Waals surface area contributed by atoms with Gasteiger partial charge in [-0.3, -0.25) is 0 Å². The van der Waals surface area contributed by atoms with Gasteiger partial charge in [0.1, 0.15) is 0 Å². The highest BCUT2D eigenvalue weighted by Crippen LogP contribution is 2.34. The monoisotopic (exact) mass is 216 g/mol. The van der Waals surface area contributed by atoms with Crippen LogP contribution in [-0.4, -0.2) is 43.1 Å². The number of hydrogen-bond donors (Lipinski definition) is 3. The van der Waals surface area contributed by atoms with E-state index in [-0.39, 0.29) is 12.1 Å². The van der Waals surface area contributed by atoms with Gasteiger partial charge in [0.15, 0.2) is 0 Å². The van der Waals surface area contributed by atoms with Crippen molar-refractivity contribution in [1.82, 2.24) is 5.32 Å². The highest BCUT2D eigenvalue weighted by Gasteiger charge is 2.44. The van der Waals surface area contributed by atoms with Crippen molar-refractivity contribution in [1.29, 1.82) is 0 Å². The maximum atomic E-state index is 8.93. The summed E-state index contributed by atoms with van der Waals surface area (Å²) in [7, 11) is 1.75. The standard InChI is InChI=1S/C11H24N2O2/c1-3-9(4-5-14)13-11(8-12)6-10(7-11)15-2/h9-10,13-14H,3-8,12H2,1-2H3. The van der Waals surface area contributed by atoms with Gasteiger partial charge in [-0.15, -0.1) is 0 Å². The van der Waals surface area contributed by atoms with E-state index in [0.717, 1.165) is 25.7 Å². The molecule has 0 bridgehead atoms. The quantitative estimate of drug-likeness (QED) is 0.570. The van der Waals surface area contributed by atoms with Gasteiger partial charge in [-0.25, -0.2) is 0 Å². The smallest absolute Gasteiger partial charge is 0.0607 e. The molecule has 4 heteroatoms. The first-order chi connectivity index (χ1) is 7.19. The van der Waals surface area contributed by atoms with E-state index in [1.165, 1.54) is 0 Å². The molecule has 0 radical (unpaired) electrons. The highest BCUT2D eigenvalue weighted by molar-refractivity contribution is 5.04. The van der Waals surface area contributed by atoms with Crippen LogP contribution in [0.2, 0.25) is 0 Å². The Balaban J connectivity index is 2.39. The van der Waals surface area contributed by atoms with Gasteiger partial charge < -0.3 is 20.9 Å². The van der Waals surface area contributed by atoms with E-state index in [0.29, 0.717) is 18.7 Å². The molecule has 0 aliphatic heterocycles. The Morgan fingerprint density at radius 3 is 2.67 bits per heavy atom. The molecular formula is C11H24N2O2. The molecule has 0 spiro atoms. The molecule has 1 fully saturated rings. The average Bonchev–Trinajstić information content (AvgIpc) is 2.21. The first-order valence-electron chi connectivity index (χ1n) is 5.81. The number of hydrogen-bond acceptors (Lipinski definition) is 4. The van der Waals surface area contributed by atoms with Gasteiger partial charge in [0.2, 0.25) is 0 Å². The number of aliphatic hydroxyl groups excluding tert-OH is 1. The van der Waals surface area contributed by atoms with Crippen LogP contribution < -0.4 is 11.1 Å². The zero-order valence-electron chi connectivity index (χ0n) is 9.83. The summed E-state index contributed by atoms with van der Waals surface area (Å²) in [4.78, 5) is 0. The normalized spacial score (nSPS) is 32.4. The minimum absolute atomic E-state index is 0.0521. The maximum absolute atomic E-state index is 8.93. The summed E-state index contributed by atoms with van der Waals surface area (Å²) in [6.07, 6.45) is 4.16. The molecule has 0 heterocycles. The fraction of sp³-hybridized carbons (Fsp3) is 1.00. The molecule has 1 atom stereocenters. The lowest BCUT2D eigenvalue weighted by molar-refractivity contribution is -0.0322. The van der Waals surface area contributed by atoms with Crippen molar-refractivity contribution < 1.29 is 9.84 Å². The summed E-state index contributed by atoms with van der Waals surface area (Å²) < 4.78 is 5.27. The van der Waals surface area contributed by atoms with Gasteiger partial charge in [0.05, 0.1) is 6.10 Å². The molecule has 4 N–H and O–H groups in total. The van der Waals surface area contributed by atoms with Crippen LogP contribution in [0.4, 0.5) is 0 Å². The molecule has 4 nitrogen and oxygen atoms in total. The van der Waals surface area contributed by atoms with Crippen LogP contribution in [0.3, 0.4) is 0 Å². The average molecular weight is 216 g/mol. The van der Waals surface area contributed by atoms with Gasteiger partial charge in [-0.2, -0.15) is 0 Å². The SMILES string of the molecule is CCC(CCO)NC1(CN)CC(OC)C1. The van der Waals surface area contributed by atoms with Gasteiger partial charge in [0.25, 0.3) is 0 Å². The van der Waals surface area contributed by atoms with E-state index in [1.54, 1.807) is 7.11 Å². The minimum Gasteiger partial charge on any atom is -0.396 e. The van der Waals surface area contributed by atoms with Gasteiger partial charge >= 0.3 is 0 Å². The maximum Gasteiger partial charge on any atom is 0.0607 e. The molecule has 0 aromatic carbocycles. The number of aliphatic hydroxyl groups is 1. The Labute approximate surface area is 92.2 Å². The van der Waals surface area contributed by atoms with Gasteiger partial charge in [-0.1, -0.05) is 6.92 Å². The molecule has 1 saturated carbocycles. The second-order valence-electron chi connectivity index (χ2n) is 4.51. The molecule has 1 aliphatic rings. The van der Waals surface area contributed by atoms with E-state index in [1.807, 2.05) is 0 Å². The third-order valence-corrected chi connectivity index (χ3v) is 3.44. The van der Waals surface area contributed by atoms with Crippen LogP contribution >= 0.6 is 0 Å². The van der Waals surface area contributed by atoms with Crippen LogP contribution in [0.15, 0.2) is 0 Å². The molecule has 90 valence electrons. The Morgan fingerprint density at radius 1 is 1.60 bits per heavy atom.